The highest BCUT2D eigenvalue weighted by molar-refractivity contribution is 5.88. The van der Waals surface area contributed by atoms with Crippen molar-refractivity contribution in [1.29, 1.82) is 0 Å². The maximum atomic E-state index is 12.9. The van der Waals surface area contributed by atoms with Gasteiger partial charge in [0.05, 0.1) is 6.42 Å². The molecule has 0 spiro atoms. The normalized spacial score (nSPS) is 15.1. The standard InChI is InChI=1S/C22H24FN3O2/c23-18-5-7-19(8-6-18)28-14-13-25-9-11-26(12-10-25)22(27)15-17-16-24-21-4-2-1-3-20(17)21/h1-8,16,24H,9-15H2. The van der Waals surface area contributed by atoms with Crippen molar-refractivity contribution in [2.45, 2.75) is 6.42 Å². The van der Waals surface area contributed by atoms with Crippen molar-refractivity contribution in [1.82, 2.24) is 14.8 Å². The molecule has 0 aliphatic carbocycles. The number of benzene rings is 2. The van der Waals surface area contributed by atoms with Crippen LogP contribution in [-0.4, -0.2) is 60.0 Å². The number of ether oxygens (including phenoxy) is 1. The minimum absolute atomic E-state index is 0.173. The zero-order valence-electron chi connectivity index (χ0n) is 15.7. The number of nitrogens with zero attached hydrogens (tertiary/aromatic N) is 2. The Kier molecular flexibility index (Phi) is 5.58. The molecular weight excluding hydrogens is 357 g/mol. The lowest BCUT2D eigenvalue weighted by atomic mass is 10.1. The maximum Gasteiger partial charge on any atom is 0.227 e. The molecule has 1 saturated heterocycles. The summed E-state index contributed by atoms with van der Waals surface area (Å²) < 4.78 is 18.6. The summed E-state index contributed by atoms with van der Waals surface area (Å²) >= 11 is 0. The van der Waals surface area contributed by atoms with Crippen LogP contribution < -0.4 is 4.74 Å². The Bertz CT molecular complexity index is 930. The lowest BCUT2D eigenvalue weighted by Gasteiger charge is -2.34. The van der Waals surface area contributed by atoms with Gasteiger partial charge in [-0.2, -0.15) is 0 Å². The monoisotopic (exact) mass is 381 g/mol. The second-order valence-electron chi connectivity index (χ2n) is 7.06. The lowest BCUT2D eigenvalue weighted by molar-refractivity contribution is -0.132. The smallest absolute Gasteiger partial charge is 0.227 e. The molecule has 1 N–H and O–H groups in total. The van der Waals surface area contributed by atoms with E-state index >= 15 is 0 Å². The first-order valence-corrected chi connectivity index (χ1v) is 9.62. The van der Waals surface area contributed by atoms with Gasteiger partial charge >= 0.3 is 0 Å². The van der Waals surface area contributed by atoms with Crippen LogP contribution in [0.5, 0.6) is 5.75 Å². The van der Waals surface area contributed by atoms with Crippen molar-refractivity contribution >= 4 is 16.8 Å². The van der Waals surface area contributed by atoms with Crippen molar-refractivity contribution < 1.29 is 13.9 Å². The van der Waals surface area contributed by atoms with E-state index in [0.29, 0.717) is 18.8 Å². The number of amides is 1. The molecule has 5 nitrogen and oxygen atoms in total. The SMILES string of the molecule is O=C(Cc1c[nH]c2ccccc12)N1CCN(CCOc2ccc(F)cc2)CC1. The van der Waals surface area contributed by atoms with E-state index in [2.05, 4.69) is 9.88 Å². The van der Waals surface area contributed by atoms with Crippen LogP contribution in [-0.2, 0) is 11.2 Å². The fourth-order valence-electron chi connectivity index (χ4n) is 3.60. The van der Waals surface area contributed by atoms with E-state index in [9.17, 15) is 9.18 Å². The number of piperazine rings is 1. The van der Waals surface area contributed by atoms with Gasteiger partial charge in [-0.15, -0.1) is 0 Å². The second-order valence-corrected chi connectivity index (χ2v) is 7.06. The predicted molar refractivity (Wildman–Crippen MR) is 107 cm³/mol. The first-order valence-electron chi connectivity index (χ1n) is 9.62. The minimum Gasteiger partial charge on any atom is -0.492 e. The third kappa shape index (κ3) is 4.34. The number of aromatic amines is 1. The number of hydrogen-bond donors (Lipinski definition) is 1. The van der Waals surface area contributed by atoms with Crippen molar-refractivity contribution in [2.75, 3.05) is 39.3 Å². The number of carbonyl (C=O) groups excluding carboxylic acids is 1. The Morgan fingerprint density at radius 3 is 2.57 bits per heavy atom. The van der Waals surface area contributed by atoms with Gasteiger partial charge < -0.3 is 14.6 Å². The van der Waals surface area contributed by atoms with Crippen LogP contribution in [0.15, 0.2) is 54.7 Å². The number of fused-ring (bicyclic) bond motifs is 1. The molecule has 1 aromatic heterocycles. The number of H-pyrrole nitrogens is 1. The molecule has 0 saturated carbocycles. The highest BCUT2D eigenvalue weighted by atomic mass is 19.1. The molecule has 146 valence electrons. The summed E-state index contributed by atoms with van der Waals surface area (Å²) in [7, 11) is 0. The van der Waals surface area contributed by atoms with E-state index in [0.717, 1.165) is 49.2 Å². The number of halogens is 1. The number of nitrogens with one attached hydrogen (secondary N) is 1. The molecule has 0 radical (unpaired) electrons. The van der Waals surface area contributed by atoms with Gasteiger partial charge in [-0.3, -0.25) is 9.69 Å². The van der Waals surface area contributed by atoms with E-state index in [1.165, 1.54) is 12.1 Å². The Labute approximate surface area is 163 Å². The molecule has 1 amide bonds. The molecule has 0 unspecified atom stereocenters. The molecule has 1 fully saturated rings. The molecule has 0 bridgehead atoms. The Morgan fingerprint density at radius 2 is 1.79 bits per heavy atom. The zero-order chi connectivity index (χ0) is 19.3. The average molecular weight is 381 g/mol. The lowest BCUT2D eigenvalue weighted by Crippen LogP contribution is -2.49. The number of para-hydroxylation sites is 1. The number of hydrogen-bond acceptors (Lipinski definition) is 3. The summed E-state index contributed by atoms with van der Waals surface area (Å²) in [6.07, 6.45) is 2.36. The molecule has 1 aliphatic rings. The van der Waals surface area contributed by atoms with Crippen LogP contribution in [0.2, 0.25) is 0 Å². The first-order chi connectivity index (χ1) is 13.7. The number of carbonyl (C=O) groups is 1. The van der Waals surface area contributed by atoms with E-state index in [1.807, 2.05) is 35.4 Å². The Balaban J connectivity index is 1.22. The van der Waals surface area contributed by atoms with Crippen LogP contribution in [0.25, 0.3) is 10.9 Å². The van der Waals surface area contributed by atoms with Gasteiger partial charge in [0, 0.05) is 49.8 Å². The van der Waals surface area contributed by atoms with Crippen molar-refractivity contribution in [3.63, 3.8) is 0 Å². The van der Waals surface area contributed by atoms with Crippen LogP contribution in [0.3, 0.4) is 0 Å². The molecule has 3 aromatic rings. The molecule has 28 heavy (non-hydrogen) atoms. The largest absolute Gasteiger partial charge is 0.492 e. The van der Waals surface area contributed by atoms with Crippen LogP contribution in [0.1, 0.15) is 5.56 Å². The quantitative estimate of drug-likeness (QED) is 0.714. The summed E-state index contributed by atoms with van der Waals surface area (Å²) in [5.74, 6) is 0.585. The molecule has 2 heterocycles. The summed E-state index contributed by atoms with van der Waals surface area (Å²) in [5.41, 5.74) is 2.12. The fourth-order valence-corrected chi connectivity index (χ4v) is 3.60. The van der Waals surface area contributed by atoms with E-state index < -0.39 is 0 Å². The topological polar surface area (TPSA) is 48.6 Å². The molecule has 2 aromatic carbocycles. The van der Waals surface area contributed by atoms with Gasteiger partial charge in [-0.25, -0.2) is 4.39 Å². The summed E-state index contributed by atoms with van der Waals surface area (Å²) in [6, 6.07) is 14.1. The summed E-state index contributed by atoms with van der Waals surface area (Å²) in [6.45, 7) is 4.49. The third-order valence-electron chi connectivity index (χ3n) is 5.23. The average Bonchev–Trinajstić information content (AvgIpc) is 3.13. The van der Waals surface area contributed by atoms with Crippen molar-refractivity contribution in [2.24, 2.45) is 0 Å². The molecule has 1 aliphatic heterocycles. The first kappa shape index (κ1) is 18.5. The minimum atomic E-state index is -0.263. The fraction of sp³-hybridized carbons (Fsp3) is 0.318. The van der Waals surface area contributed by atoms with Crippen LogP contribution >= 0.6 is 0 Å². The Hall–Kier alpha value is -2.86. The second kappa shape index (κ2) is 8.44. The third-order valence-corrected chi connectivity index (χ3v) is 5.23. The maximum absolute atomic E-state index is 12.9. The molecular formula is C22H24FN3O2. The summed E-state index contributed by atoms with van der Waals surface area (Å²) in [4.78, 5) is 20.1. The molecule has 4 rings (SSSR count). The predicted octanol–water partition coefficient (Wildman–Crippen LogP) is 3.07. The van der Waals surface area contributed by atoms with Gasteiger partial charge in [-0.05, 0) is 35.9 Å². The van der Waals surface area contributed by atoms with E-state index in [-0.39, 0.29) is 11.7 Å². The highest BCUT2D eigenvalue weighted by Gasteiger charge is 2.21. The van der Waals surface area contributed by atoms with Gasteiger partial charge in [0.15, 0.2) is 0 Å². The van der Waals surface area contributed by atoms with Gasteiger partial charge in [0.25, 0.3) is 0 Å². The highest BCUT2D eigenvalue weighted by Crippen LogP contribution is 2.19. The molecule has 6 heteroatoms. The zero-order valence-corrected chi connectivity index (χ0v) is 15.7. The summed E-state index contributed by atoms with van der Waals surface area (Å²) in [5, 5.41) is 1.12. The van der Waals surface area contributed by atoms with E-state index in [1.54, 1.807) is 12.1 Å². The van der Waals surface area contributed by atoms with Crippen LogP contribution in [0, 0.1) is 5.82 Å². The number of rotatable bonds is 6. The number of aromatic nitrogens is 1. The van der Waals surface area contributed by atoms with Crippen molar-refractivity contribution in [3.8, 4) is 5.75 Å². The van der Waals surface area contributed by atoms with E-state index in [4.69, 9.17) is 4.74 Å². The van der Waals surface area contributed by atoms with Gasteiger partial charge in [0.1, 0.15) is 18.2 Å². The van der Waals surface area contributed by atoms with Gasteiger partial charge in [0.2, 0.25) is 5.91 Å². The van der Waals surface area contributed by atoms with Gasteiger partial charge in [-0.1, -0.05) is 18.2 Å². The van der Waals surface area contributed by atoms with Crippen LogP contribution in [0.4, 0.5) is 4.39 Å². The Morgan fingerprint density at radius 1 is 1.04 bits per heavy atom. The molecule has 0 atom stereocenters. The van der Waals surface area contributed by atoms with Crippen molar-refractivity contribution in [3.05, 3.63) is 66.1 Å².